The van der Waals surface area contributed by atoms with Gasteiger partial charge in [-0.15, -0.1) is 5.10 Å². The molecule has 6 heteroatoms. The van der Waals surface area contributed by atoms with E-state index in [0.717, 1.165) is 17.6 Å². The van der Waals surface area contributed by atoms with Gasteiger partial charge in [-0.2, -0.15) is 0 Å². The van der Waals surface area contributed by atoms with Crippen LogP contribution >= 0.6 is 0 Å². The highest BCUT2D eigenvalue weighted by atomic mass is 16.5. The normalized spacial score (nSPS) is 10.8. The molecule has 1 amide bonds. The molecule has 0 spiro atoms. The second kappa shape index (κ2) is 5.59. The lowest BCUT2D eigenvalue weighted by molar-refractivity contribution is 0.0937. The molecule has 0 bridgehead atoms. The minimum absolute atomic E-state index is 0.125. The van der Waals surface area contributed by atoms with Gasteiger partial charge >= 0.3 is 0 Å². The van der Waals surface area contributed by atoms with E-state index in [1.807, 2.05) is 13.0 Å². The van der Waals surface area contributed by atoms with E-state index in [9.17, 15) is 4.79 Å². The number of aromatic nitrogens is 3. The second-order valence-electron chi connectivity index (χ2n) is 3.86. The molecule has 0 unspecified atom stereocenters. The van der Waals surface area contributed by atoms with Crippen LogP contribution in [0.5, 0.6) is 0 Å². The lowest BCUT2D eigenvalue weighted by Gasteiger charge is -2.04. The molecular weight excluding hydrogens is 232 g/mol. The van der Waals surface area contributed by atoms with Crippen molar-refractivity contribution >= 4 is 16.9 Å². The Kier molecular flexibility index (Phi) is 3.88. The number of carbonyl (C=O) groups excluding carboxylic acids is 1. The Morgan fingerprint density at radius 2 is 2.33 bits per heavy atom. The van der Waals surface area contributed by atoms with Gasteiger partial charge in [0.25, 0.3) is 5.91 Å². The van der Waals surface area contributed by atoms with Crippen LogP contribution in [0.25, 0.3) is 11.0 Å². The third kappa shape index (κ3) is 2.48. The first-order valence-corrected chi connectivity index (χ1v) is 5.86. The number of amides is 1. The summed E-state index contributed by atoms with van der Waals surface area (Å²) in [5, 5.41) is 10.8. The summed E-state index contributed by atoms with van der Waals surface area (Å²) >= 11 is 0. The van der Waals surface area contributed by atoms with Crippen LogP contribution in [0.4, 0.5) is 0 Å². The van der Waals surface area contributed by atoms with Gasteiger partial charge in [0, 0.05) is 25.8 Å². The van der Waals surface area contributed by atoms with Gasteiger partial charge < -0.3 is 10.1 Å². The molecule has 0 atom stereocenters. The number of aryl methyl sites for hydroxylation is 1. The molecule has 96 valence electrons. The van der Waals surface area contributed by atoms with Crippen molar-refractivity contribution in [2.75, 3.05) is 20.3 Å². The van der Waals surface area contributed by atoms with Crippen LogP contribution < -0.4 is 5.32 Å². The van der Waals surface area contributed by atoms with E-state index in [-0.39, 0.29) is 5.91 Å². The number of hydrogen-bond acceptors (Lipinski definition) is 4. The summed E-state index contributed by atoms with van der Waals surface area (Å²) in [7, 11) is 1.60. The molecule has 0 saturated carbocycles. The Hall–Kier alpha value is -1.95. The predicted molar refractivity (Wildman–Crippen MR) is 67.4 cm³/mol. The number of fused-ring (bicyclic) bond motifs is 1. The van der Waals surface area contributed by atoms with Gasteiger partial charge in [0.1, 0.15) is 5.52 Å². The molecule has 18 heavy (non-hydrogen) atoms. The molecule has 0 aliphatic heterocycles. The van der Waals surface area contributed by atoms with E-state index in [1.165, 1.54) is 0 Å². The first kappa shape index (κ1) is 12.5. The second-order valence-corrected chi connectivity index (χ2v) is 3.86. The quantitative estimate of drug-likeness (QED) is 0.796. The van der Waals surface area contributed by atoms with E-state index < -0.39 is 0 Å². The molecule has 2 aromatic rings. The summed E-state index contributed by atoms with van der Waals surface area (Å²) in [6.45, 7) is 3.75. The first-order valence-electron chi connectivity index (χ1n) is 5.86. The summed E-state index contributed by atoms with van der Waals surface area (Å²) in [5.41, 5.74) is 2.25. The topological polar surface area (TPSA) is 69.0 Å². The fraction of sp³-hybridized carbons (Fsp3) is 0.417. The average Bonchev–Trinajstić information content (AvgIpc) is 2.80. The molecule has 1 heterocycles. The Labute approximate surface area is 105 Å². The summed E-state index contributed by atoms with van der Waals surface area (Å²) in [6.07, 6.45) is 0. The number of ether oxygens (including phenoxy) is 1. The van der Waals surface area contributed by atoms with Crippen molar-refractivity contribution in [2.24, 2.45) is 0 Å². The molecule has 1 N–H and O–H groups in total. The van der Waals surface area contributed by atoms with Crippen LogP contribution in [0.15, 0.2) is 18.2 Å². The lowest BCUT2D eigenvalue weighted by Crippen LogP contribution is -2.26. The maximum absolute atomic E-state index is 11.8. The van der Waals surface area contributed by atoms with Gasteiger partial charge in [0.2, 0.25) is 0 Å². The van der Waals surface area contributed by atoms with E-state index in [0.29, 0.717) is 18.7 Å². The predicted octanol–water partition coefficient (Wildman–Crippen LogP) is 0.827. The van der Waals surface area contributed by atoms with Crippen LogP contribution in [0, 0.1) is 0 Å². The molecular formula is C12H16N4O2. The van der Waals surface area contributed by atoms with Crippen molar-refractivity contribution < 1.29 is 9.53 Å². The maximum atomic E-state index is 11.8. The number of nitrogens with one attached hydrogen (secondary N) is 1. The molecule has 1 aromatic carbocycles. The van der Waals surface area contributed by atoms with Crippen molar-refractivity contribution in [1.29, 1.82) is 0 Å². The summed E-state index contributed by atoms with van der Waals surface area (Å²) in [6, 6.07) is 5.39. The SMILES string of the molecule is CCn1nnc2cc(C(=O)NCCOC)ccc21. The van der Waals surface area contributed by atoms with Gasteiger partial charge in [0.15, 0.2) is 0 Å². The van der Waals surface area contributed by atoms with Gasteiger partial charge in [-0.25, -0.2) is 4.68 Å². The van der Waals surface area contributed by atoms with Crippen LogP contribution in [-0.2, 0) is 11.3 Å². The molecule has 0 aliphatic carbocycles. The fourth-order valence-corrected chi connectivity index (χ4v) is 1.72. The fourth-order valence-electron chi connectivity index (χ4n) is 1.72. The molecule has 2 rings (SSSR count). The number of hydrogen-bond donors (Lipinski definition) is 1. The minimum atomic E-state index is -0.125. The Morgan fingerprint density at radius 1 is 1.50 bits per heavy atom. The van der Waals surface area contributed by atoms with Gasteiger partial charge in [-0.1, -0.05) is 5.21 Å². The highest BCUT2D eigenvalue weighted by molar-refractivity contribution is 5.97. The van der Waals surface area contributed by atoms with Gasteiger partial charge in [-0.05, 0) is 25.1 Å². The van der Waals surface area contributed by atoms with Crippen LogP contribution in [0.3, 0.4) is 0 Å². The summed E-state index contributed by atoms with van der Waals surface area (Å²) < 4.78 is 6.67. The highest BCUT2D eigenvalue weighted by Crippen LogP contribution is 2.13. The maximum Gasteiger partial charge on any atom is 0.251 e. The van der Waals surface area contributed by atoms with Crippen LogP contribution in [0.1, 0.15) is 17.3 Å². The lowest BCUT2D eigenvalue weighted by atomic mass is 10.2. The molecule has 6 nitrogen and oxygen atoms in total. The zero-order valence-electron chi connectivity index (χ0n) is 10.5. The molecule has 1 aromatic heterocycles. The molecule has 0 fully saturated rings. The smallest absolute Gasteiger partial charge is 0.251 e. The zero-order chi connectivity index (χ0) is 13.0. The van der Waals surface area contributed by atoms with Gasteiger partial charge in [0.05, 0.1) is 12.1 Å². The number of benzene rings is 1. The average molecular weight is 248 g/mol. The summed E-state index contributed by atoms with van der Waals surface area (Å²) in [4.78, 5) is 11.8. The van der Waals surface area contributed by atoms with E-state index in [1.54, 1.807) is 23.9 Å². The van der Waals surface area contributed by atoms with Crippen LogP contribution in [0.2, 0.25) is 0 Å². The third-order valence-electron chi connectivity index (χ3n) is 2.67. The van der Waals surface area contributed by atoms with Crippen LogP contribution in [-0.4, -0.2) is 41.2 Å². The minimum Gasteiger partial charge on any atom is -0.383 e. The van der Waals surface area contributed by atoms with Crippen molar-refractivity contribution in [3.8, 4) is 0 Å². The largest absolute Gasteiger partial charge is 0.383 e. The summed E-state index contributed by atoms with van der Waals surface area (Å²) in [5.74, 6) is -0.125. The van der Waals surface area contributed by atoms with Gasteiger partial charge in [-0.3, -0.25) is 4.79 Å². The standard InChI is InChI=1S/C12H16N4O2/c1-3-16-11-5-4-9(8-10(11)14-15-16)12(17)13-6-7-18-2/h4-5,8H,3,6-7H2,1-2H3,(H,13,17). The van der Waals surface area contributed by atoms with E-state index in [2.05, 4.69) is 15.6 Å². The third-order valence-corrected chi connectivity index (χ3v) is 2.67. The molecule has 0 saturated heterocycles. The Balaban J connectivity index is 2.17. The first-order chi connectivity index (χ1) is 8.76. The van der Waals surface area contributed by atoms with Crippen molar-refractivity contribution in [1.82, 2.24) is 20.3 Å². The van der Waals surface area contributed by atoms with Crippen molar-refractivity contribution in [3.63, 3.8) is 0 Å². The van der Waals surface area contributed by atoms with E-state index >= 15 is 0 Å². The molecule has 0 radical (unpaired) electrons. The Morgan fingerprint density at radius 3 is 3.06 bits per heavy atom. The van der Waals surface area contributed by atoms with Crippen molar-refractivity contribution in [3.05, 3.63) is 23.8 Å². The van der Waals surface area contributed by atoms with Crippen molar-refractivity contribution in [2.45, 2.75) is 13.5 Å². The number of nitrogens with zero attached hydrogens (tertiary/aromatic N) is 3. The monoisotopic (exact) mass is 248 g/mol. The number of carbonyl (C=O) groups is 1. The number of rotatable bonds is 5. The highest BCUT2D eigenvalue weighted by Gasteiger charge is 2.09. The number of methoxy groups -OCH3 is 1. The van der Waals surface area contributed by atoms with E-state index in [4.69, 9.17) is 4.74 Å². The zero-order valence-corrected chi connectivity index (χ0v) is 10.5. The Bertz CT molecular complexity index is 550. The molecule has 0 aliphatic rings.